The summed E-state index contributed by atoms with van der Waals surface area (Å²) in [7, 11) is 0. The number of thioether (sulfide) groups is 1. The second kappa shape index (κ2) is 6.52. The Morgan fingerprint density at radius 2 is 2.19 bits per heavy atom. The molecular formula is C10H14N6O4S. The molecule has 0 bridgehead atoms. The smallest absolute Gasteiger partial charge is 0.326 e. The summed E-state index contributed by atoms with van der Waals surface area (Å²) in [5.74, 6) is -2.68. The lowest BCUT2D eigenvalue weighted by Crippen LogP contribution is -2.44. The summed E-state index contributed by atoms with van der Waals surface area (Å²) in [5.41, 5.74) is 4.93. The molecule has 1 saturated carbocycles. The van der Waals surface area contributed by atoms with Crippen molar-refractivity contribution < 1.29 is 19.5 Å². The molecule has 1 fully saturated rings. The van der Waals surface area contributed by atoms with Gasteiger partial charge in [0.25, 0.3) is 0 Å². The van der Waals surface area contributed by atoms with E-state index in [1.807, 2.05) is 0 Å². The highest BCUT2D eigenvalue weighted by Gasteiger charge is 2.28. The summed E-state index contributed by atoms with van der Waals surface area (Å²) in [4.78, 5) is 33.3. The highest BCUT2D eigenvalue weighted by molar-refractivity contribution is 7.99. The minimum absolute atomic E-state index is 0.0460. The van der Waals surface area contributed by atoms with Gasteiger partial charge in [-0.15, -0.1) is 5.10 Å². The molecule has 1 aromatic rings. The predicted molar refractivity (Wildman–Crippen MR) is 70.2 cm³/mol. The van der Waals surface area contributed by atoms with Crippen molar-refractivity contribution >= 4 is 29.5 Å². The van der Waals surface area contributed by atoms with Crippen molar-refractivity contribution in [1.29, 1.82) is 0 Å². The monoisotopic (exact) mass is 314 g/mol. The second-order valence-corrected chi connectivity index (χ2v) is 5.50. The Hall–Kier alpha value is -2.17. The summed E-state index contributed by atoms with van der Waals surface area (Å²) in [5, 5.41) is 22.8. The maximum absolute atomic E-state index is 11.7. The summed E-state index contributed by atoms with van der Waals surface area (Å²) in [6.45, 7) is 0. The fourth-order valence-electron chi connectivity index (χ4n) is 1.60. The number of primary amides is 1. The minimum Gasteiger partial charge on any atom is -0.480 e. The molecule has 0 spiro atoms. The lowest BCUT2D eigenvalue weighted by Gasteiger charge is -2.12. The normalized spacial score (nSPS) is 15.4. The molecule has 1 aliphatic carbocycles. The number of carbonyl (C=O) groups excluding carboxylic acids is 2. The highest BCUT2D eigenvalue weighted by atomic mass is 32.2. The number of carboxylic acid groups (broad SMARTS) is 1. The average Bonchev–Trinajstić information content (AvgIpc) is 3.14. The van der Waals surface area contributed by atoms with E-state index in [-0.39, 0.29) is 11.8 Å². The van der Waals surface area contributed by atoms with Crippen molar-refractivity contribution in [2.24, 2.45) is 5.73 Å². The molecule has 1 aromatic heterocycles. The quantitative estimate of drug-likeness (QED) is 0.492. The number of nitrogens with one attached hydrogen (secondary N) is 1. The Morgan fingerprint density at radius 3 is 2.76 bits per heavy atom. The van der Waals surface area contributed by atoms with Crippen molar-refractivity contribution in [1.82, 2.24) is 25.5 Å². The van der Waals surface area contributed by atoms with E-state index in [2.05, 4.69) is 20.8 Å². The Kier molecular flexibility index (Phi) is 4.73. The molecule has 0 aromatic carbocycles. The third kappa shape index (κ3) is 4.41. The van der Waals surface area contributed by atoms with Gasteiger partial charge in [-0.2, -0.15) is 0 Å². The molecule has 0 saturated heterocycles. The number of aliphatic carboxylic acids is 1. The lowest BCUT2D eigenvalue weighted by molar-refractivity contribution is -0.143. The van der Waals surface area contributed by atoms with Gasteiger partial charge in [0.15, 0.2) is 0 Å². The number of hydrogen-bond donors (Lipinski definition) is 3. The van der Waals surface area contributed by atoms with Gasteiger partial charge in [-0.1, -0.05) is 11.8 Å². The van der Waals surface area contributed by atoms with Crippen LogP contribution in [0.5, 0.6) is 0 Å². The molecule has 2 amide bonds. The molecular weight excluding hydrogens is 300 g/mol. The Bertz CT molecular complexity index is 557. The van der Waals surface area contributed by atoms with E-state index in [1.54, 1.807) is 4.68 Å². The van der Waals surface area contributed by atoms with Crippen LogP contribution in [0.25, 0.3) is 0 Å². The topological polar surface area (TPSA) is 153 Å². The van der Waals surface area contributed by atoms with Crippen LogP contribution < -0.4 is 11.1 Å². The van der Waals surface area contributed by atoms with E-state index in [4.69, 9.17) is 10.8 Å². The Labute approximate surface area is 123 Å². The summed E-state index contributed by atoms with van der Waals surface area (Å²) in [6.07, 6.45) is 1.56. The van der Waals surface area contributed by atoms with Crippen molar-refractivity contribution in [3.63, 3.8) is 0 Å². The molecule has 114 valence electrons. The minimum atomic E-state index is -1.32. The van der Waals surface area contributed by atoms with Crippen LogP contribution in [-0.2, 0) is 14.4 Å². The third-order valence-electron chi connectivity index (χ3n) is 2.73. The number of aromatic nitrogens is 4. The van der Waals surface area contributed by atoms with Crippen molar-refractivity contribution in [2.75, 3.05) is 5.75 Å². The first-order valence-corrected chi connectivity index (χ1v) is 7.17. The summed E-state index contributed by atoms with van der Waals surface area (Å²) < 4.78 is 1.65. The van der Waals surface area contributed by atoms with E-state index in [0.717, 1.165) is 24.6 Å². The third-order valence-corrected chi connectivity index (χ3v) is 3.66. The molecule has 11 heteroatoms. The van der Waals surface area contributed by atoms with Crippen LogP contribution in [0.1, 0.15) is 25.3 Å². The molecule has 1 aliphatic rings. The molecule has 2 rings (SSSR count). The maximum Gasteiger partial charge on any atom is 0.326 e. The van der Waals surface area contributed by atoms with Gasteiger partial charge in [0, 0.05) is 0 Å². The molecule has 1 atom stereocenters. The number of carboxylic acids is 1. The first kappa shape index (κ1) is 15.2. The van der Waals surface area contributed by atoms with Crippen LogP contribution in [0.2, 0.25) is 0 Å². The molecule has 0 radical (unpaired) electrons. The highest BCUT2D eigenvalue weighted by Crippen LogP contribution is 2.36. The van der Waals surface area contributed by atoms with Gasteiger partial charge < -0.3 is 16.2 Å². The zero-order valence-electron chi connectivity index (χ0n) is 10.9. The second-order valence-electron chi connectivity index (χ2n) is 4.55. The summed E-state index contributed by atoms with van der Waals surface area (Å²) in [6, 6.07) is -1.04. The zero-order chi connectivity index (χ0) is 15.4. The predicted octanol–water partition coefficient (Wildman–Crippen LogP) is -1.46. The molecule has 1 heterocycles. The molecule has 4 N–H and O–H groups in total. The maximum atomic E-state index is 11.7. The van der Waals surface area contributed by atoms with Gasteiger partial charge >= 0.3 is 5.97 Å². The molecule has 0 aliphatic heterocycles. The number of rotatable bonds is 8. The number of carbonyl (C=O) groups is 3. The number of hydrogen-bond acceptors (Lipinski definition) is 7. The SMILES string of the molecule is NC(=O)C[C@H](NC(=O)CSc1nnnn1C1CC1)C(=O)O. The van der Waals surface area contributed by atoms with Crippen molar-refractivity contribution in [3.05, 3.63) is 0 Å². The van der Waals surface area contributed by atoms with Gasteiger partial charge in [0.05, 0.1) is 18.2 Å². The van der Waals surface area contributed by atoms with Crippen LogP contribution in [0.4, 0.5) is 0 Å². The largest absolute Gasteiger partial charge is 0.480 e. The van der Waals surface area contributed by atoms with E-state index < -0.39 is 30.2 Å². The van der Waals surface area contributed by atoms with Gasteiger partial charge in [0.2, 0.25) is 17.0 Å². The number of nitrogens with zero attached hydrogens (tertiary/aromatic N) is 4. The average molecular weight is 314 g/mol. The van der Waals surface area contributed by atoms with Crippen LogP contribution in [-0.4, -0.2) is 54.9 Å². The summed E-state index contributed by atoms with van der Waals surface area (Å²) >= 11 is 1.11. The Morgan fingerprint density at radius 1 is 1.48 bits per heavy atom. The number of amides is 2. The van der Waals surface area contributed by atoms with E-state index in [0.29, 0.717) is 5.16 Å². The van der Waals surface area contributed by atoms with Crippen LogP contribution in [0, 0.1) is 0 Å². The van der Waals surface area contributed by atoms with Gasteiger partial charge in [-0.3, -0.25) is 9.59 Å². The van der Waals surface area contributed by atoms with Crippen LogP contribution in [0.15, 0.2) is 5.16 Å². The Balaban J connectivity index is 1.84. The number of nitrogens with two attached hydrogens (primary N) is 1. The fraction of sp³-hybridized carbons (Fsp3) is 0.600. The van der Waals surface area contributed by atoms with E-state index in [1.165, 1.54) is 0 Å². The number of tetrazole rings is 1. The first-order valence-electron chi connectivity index (χ1n) is 6.18. The van der Waals surface area contributed by atoms with Gasteiger partial charge in [-0.05, 0) is 23.3 Å². The molecule has 21 heavy (non-hydrogen) atoms. The van der Waals surface area contributed by atoms with E-state index >= 15 is 0 Å². The zero-order valence-corrected chi connectivity index (χ0v) is 11.7. The van der Waals surface area contributed by atoms with E-state index in [9.17, 15) is 14.4 Å². The molecule has 0 unspecified atom stereocenters. The van der Waals surface area contributed by atoms with Crippen LogP contribution >= 0.6 is 11.8 Å². The molecule has 10 nitrogen and oxygen atoms in total. The van der Waals surface area contributed by atoms with Gasteiger partial charge in [-0.25, -0.2) is 9.48 Å². The standard InChI is InChI=1S/C10H14N6O4S/c11-7(17)3-6(9(19)20)12-8(18)4-21-10-13-14-15-16(10)5-1-2-5/h5-6H,1-4H2,(H2,11,17)(H,12,18)(H,19,20)/t6-/m0/s1. The first-order chi connectivity index (χ1) is 9.97. The van der Waals surface area contributed by atoms with Gasteiger partial charge in [0.1, 0.15) is 6.04 Å². The fourth-order valence-corrected chi connectivity index (χ4v) is 2.35. The van der Waals surface area contributed by atoms with Crippen LogP contribution in [0.3, 0.4) is 0 Å². The van der Waals surface area contributed by atoms with Crippen molar-refractivity contribution in [3.8, 4) is 0 Å². The van der Waals surface area contributed by atoms with Crippen molar-refractivity contribution in [2.45, 2.75) is 36.5 Å². The lowest BCUT2D eigenvalue weighted by atomic mass is 10.2.